The third-order valence-corrected chi connectivity index (χ3v) is 14.3. The van der Waals surface area contributed by atoms with Gasteiger partial charge in [-0.2, -0.15) is 0 Å². The number of nitrogens with zero attached hydrogens (tertiary/aromatic N) is 1. The summed E-state index contributed by atoms with van der Waals surface area (Å²) in [6.07, 6.45) is 18.0. The summed E-state index contributed by atoms with van der Waals surface area (Å²) in [7, 11) is 0. The Labute approximate surface area is 276 Å². The van der Waals surface area contributed by atoms with E-state index in [-0.39, 0.29) is 47.4 Å². The minimum Gasteiger partial charge on any atom is -0.393 e. The van der Waals surface area contributed by atoms with Gasteiger partial charge in [-0.25, -0.2) is 4.79 Å². The van der Waals surface area contributed by atoms with Crippen molar-refractivity contribution < 1.29 is 19.8 Å². The zero-order chi connectivity index (χ0) is 32.5. The van der Waals surface area contributed by atoms with Gasteiger partial charge in [0.15, 0.2) is 5.78 Å². The molecule has 0 aromatic heterocycles. The van der Waals surface area contributed by atoms with Crippen LogP contribution in [0.3, 0.4) is 0 Å². The van der Waals surface area contributed by atoms with Crippen molar-refractivity contribution in [3.8, 4) is 0 Å². The van der Waals surface area contributed by atoms with E-state index in [4.69, 9.17) is 0 Å². The predicted molar refractivity (Wildman–Crippen MR) is 181 cm³/mol. The van der Waals surface area contributed by atoms with Crippen LogP contribution in [0.4, 0.5) is 4.79 Å². The second-order valence-corrected chi connectivity index (χ2v) is 17.0. The summed E-state index contributed by atoms with van der Waals surface area (Å²) in [5, 5.41) is 27.0. The second-order valence-electron chi connectivity index (χ2n) is 17.0. The van der Waals surface area contributed by atoms with Crippen LogP contribution in [0.5, 0.6) is 0 Å². The number of aliphatic hydroxyl groups is 2. The van der Waals surface area contributed by atoms with Gasteiger partial charge in [-0.1, -0.05) is 81.7 Å². The molecule has 46 heavy (non-hydrogen) atoms. The Bertz CT molecular complexity index is 1420. The number of urea groups is 1. The van der Waals surface area contributed by atoms with Crippen LogP contribution in [0, 0.1) is 39.4 Å². The number of aliphatic hydroxyl groups excluding tert-OH is 1. The fraction of sp³-hybridized carbons (Fsp3) is 0.700. The topological polar surface area (TPSA) is 89.9 Å². The quantitative estimate of drug-likeness (QED) is 0.276. The molecule has 4 fully saturated rings. The monoisotopic (exact) mass is 628 g/mol. The summed E-state index contributed by atoms with van der Waals surface area (Å²) >= 11 is 0. The zero-order valence-electron chi connectivity index (χ0n) is 28.6. The number of fused-ring (bicyclic) bond motifs is 1. The molecule has 3 N–H and O–H groups in total. The van der Waals surface area contributed by atoms with Gasteiger partial charge in [-0.15, -0.1) is 0 Å². The molecule has 2 amide bonds. The van der Waals surface area contributed by atoms with Crippen LogP contribution in [-0.4, -0.2) is 51.2 Å². The maximum atomic E-state index is 14.8. The summed E-state index contributed by atoms with van der Waals surface area (Å²) in [6, 6.07) is 9.91. The normalized spacial score (nSPS) is 41.4. The Kier molecular flexibility index (Phi) is 7.91. The lowest BCUT2D eigenvalue weighted by Crippen LogP contribution is -2.67. The number of amides is 2. The number of carbonyl (C=O) groups is 2. The van der Waals surface area contributed by atoms with Crippen molar-refractivity contribution in [1.82, 2.24) is 10.2 Å². The first-order valence-electron chi connectivity index (χ1n) is 18.4. The molecule has 0 aliphatic heterocycles. The van der Waals surface area contributed by atoms with Gasteiger partial charge < -0.3 is 20.4 Å². The standard InChI is InChI=1S/C40H56N2O4/c1-27(2)41-35(45)42(25-28-11-7-5-8-12-28)26-39(46)20-17-33-37(39,4)19-16-32-36(3)18-15-30(43)23-38(36)21-22-40(32,33)31(24-38)34(44)29-13-9-6-10-14-29/h5,7-8,11-12,21-22,24,27,29-30,32-33,43,46H,6,9-10,13-20,23,25-26H2,1-4H3,(H,41,45). The molecule has 8 rings (SSSR count). The molecule has 250 valence electrons. The summed E-state index contributed by atoms with van der Waals surface area (Å²) < 4.78 is 0. The van der Waals surface area contributed by atoms with E-state index in [1.165, 1.54) is 6.42 Å². The molecule has 8 atom stereocenters. The number of Topliss-reactive ketones (excluding diaryl/α,β-unsaturated/α-hetero) is 1. The van der Waals surface area contributed by atoms with Crippen LogP contribution in [0.15, 0.2) is 54.1 Å². The molecule has 4 saturated carbocycles. The highest BCUT2D eigenvalue weighted by molar-refractivity contribution is 6.00. The van der Waals surface area contributed by atoms with E-state index in [1.54, 1.807) is 0 Å². The maximum absolute atomic E-state index is 14.8. The van der Waals surface area contributed by atoms with Crippen LogP contribution >= 0.6 is 0 Å². The van der Waals surface area contributed by atoms with Gasteiger partial charge in [-0.05, 0) is 94.4 Å². The minimum absolute atomic E-state index is 0.00945. The van der Waals surface area contributed by atoms with E-state index in [1.807, 2.05) is 49.1 Å². The predicted octanol–water partition coefficient (Wildman–Crippen LogP) is 7.35. The molecular formula is C40H56N2O4. The van der Waals surface area contributed by atoms with Crippen molar-refractivity contribution >= 4 is 11.8 Å². The highest BCUT2D eigenvalue weighted by atomic mass is 16.3. The molecule has 2 spiro atoms. The summed E-state index contributed by atoms with van der Waals surface area (Å²) in [5.41, 5.74) is -0.234. The number of nitrogens with one attached hydrogen (secondary N) is 1. The van der Waals surface area contributed by atoms with Gasteiger partial charge in [0, 0.05) is 40.3 Å². The fourth-order valence-electron chi connectivity index (χ4n) is 11.9. The van der Waals surface area contributed by atoms with Crippen LogP contribution in [-0.2, 0) is 11.3 Å². The van der Waals surface area contributed by atoms with Gasteiger partial charge >= 0.3 is 6.03 Å². The Balaban J connectivity index is 1.29. The van der Waals surface area contributed by atoms with Crippen molar-refractivity contribution in [2.75, 3.05) is 6.54 Å². The molecule has 1 aromatic carbocycles. The number of hydrogen-bond acceptors (Lipinski definition) is 4. The van der Waals surface area contributed by atoms with Crippen molar-refractivity contribution in [1.29, 1.82) is 0 Å². The zero-order valence-corrected chi connectivity index (χ0v) is 28.6. The van der Waals surface area contributed by atoms with Crippen LogP contribution in [0.1, 0.15) is 110 Å². The van der Waals surface area contributed by atoms with Crippen molar-refractivity contribution in [3.63, 3.8) is 0 Å². The Hall–Kier alpha value is -2.44. The molecule has 0 heterocycles. The molecule has 1 aromatic rings. The average Bonchev–Trinajstić information content (AvgIpc) is 3.31. The van der Waals surface area contributed by atoms with Crippen molar-refractivity contribution in [2.24, 2.45) is 39.4 Å². The van der Waals surface area contributed by atoms with Gasteiger partial charge in [0.05, 0.1) is 18.2 Å². The number of allylic oxidation sites excluding steroid dienone is 4. The van der Waals surface area contributed by atoms with E-state index in [0.29, 0.717) is 31.1 Å². The van der Waals surface area contributed by atoms with Crippen LogP contribution in [0.25, 0.3) is 0 Å². The van der Waals surface area contributed by atoms with Gasteiger partial charge in [0.25, 0.3) is 0 Å². The third-order valence-electron chi connectivity index (χ3n) is 14.3. The summed E-state index contributed by atoms with van der Waals surface area (Å²) in [6.45, 7) is 9.37. The maximum Gasteiger partial charge on any atom is 0.317 e. The molecule has 0 radical (unpaired) electrons. The lowest BCUT2D eigenvalue weighted by molar-refractivity contribution is -0.178. The van der Waals surface area contributed by atoms with Crippen molar-refractivity contribution in [3.05, 3.63) is 59.7 Å². The number of benzene rings is 1. The summed E-state index contributed by atoms with van der Waals surface area (Å²) in [5.74, 6) is 0.827. The molecule has 6 heteroatoms. The molecule has 7 aliphatic rings. The number of hydrogen-bond donors (Lipinski definition) is 3. The van der Waals surface area contributed by atoms with E-state index < -0.39 is 16.4 Å². The number of rotatable bonds is 7. The first-order chi connectivity index (χ1) is 21.9. The van der Waals surface area contributed by atoms with E-state index in [0.717, 1.165) is 68.9 Å². The Morgan fingerprint density at radius 1 is 0.913 bits per heavy atom. The van der Waals surface area contributed by atoms with Crippen molar-refractivity contribution in [2.45, 2.75) is 129 Å². The SMILES string of the molecule is CC(C)NC(=O)N(Cc1ccccc1)CC1(O)CCC2C34C=CC5(C=C3C(=O)C3CCCCC3)CC(O)CCC5(C)C4CCC21C. The lowest BCUT2D eigenvalue weighted by atomic mass is 9.32. The van der Waals surface area contributed by atoms with Crippen LogP contribution in [0.2, 0.25) is 0 Å². The first kappa shape index (κ1) is 32.1. The molecule has 2 bridgehead atoms. The smallest absolute Gasteiger partial charge is 0.317 e. The molecule has 8 unspecified atom stereocenters. The van der Waals surface area contributed by atoms with E-state index in [2.05, 4.69) is 37.4 Å². The molecule has 0 saturated heterocycles. The Morgan fingerprint density at radius 3 is 2.30 bits per heavy atom. The van der Waals surface area contributed by atoms with E-state index in [9.17, 15) is 19.8 Å². The second kappa shape index (κ2) is 11.3. The first-order valence-corrected chi connectivity index (χ1v) is 18.4. The highest BCUT2D eigenvalue weighted by Gasteiger charge is 2.74. The lowest BCUT2D eigenvalue weighted by Gasteiger charge is -2.71. The van der Waals surface area contributed by atoms with Crippen LogP contribution < -0.4 is 5.32 Å². The average molecular weight is 629 g/mol. The Morgan fingerprint density at radius 2 is 1.59 bits per heavy atom. The van der Waals surface area contributed by atoms with E-state index >= 15 is 0 Å². The fourth-order valence-corrected chi connectivity index (χ4v) is 11.9. The number of ketones is 1. The minimum atomic E-state index is -1.08. The van der Waals surface area contributed by atoms with Gasteiger partial charge in [0.2, 0.25) is 0 Å². The third kappa shape index (κ3) is 4.63. The number of carbonyl (C=O) groups excluding carboxylic acids is 2. The largest absolute Gasteiger partial charge is 0.393 e. The molecule has 6 nitrogen and oxygen atoms in total. The van der Waals surface area contributed by atoms with Gasteiger partial charge in [0.1, 0.15) is 0 Å². The summed E-state index contributed by atoms with van der Waals surface area (Å²) in [4.78, 5) is 30.3. The highest BCUT2D eigenvalue weighted by Crippen LogP contribution is 2.78. The molecule has 7 aliphatic carbocycles. The van der Waals surface area contributed by atoms with Gasteiger partial charge in [-0.3, -0.25) is 4.79 Å². The molecular weight excluding hydrogens is 572 g/mol.